The van der Waals surface area contributed by atoms with Gasteiger partial charge in [0.1, 0.15) is 22.5 Å². The predicted molar refractivity (Wildman–Crippen MR) is 51.4 cm³/mol. The first-order valence-electron chi connectivity index (χ1n) is 3.70. The molecule has 1 rings (SSSR count). The summed E-state index contributed by atoms with van der Waals surface area (Å²) in [4.78, 5) is 2.16. The van der Waals surface area contributed by atoms with E-state index in [1.165, 1.54) is 6.07 Å². The number of nitriles is 1. The highest BCUT2D eigenvalue weighted by Crippen LogP contribution is 2.30. The highest BCUT2D eigenvalue weighted by Gasteiger charge is 2.27. The minimum absolute atomic E-state index is 0.379. The van der Waals surface area contributed by atoms with E-state index in [1.807, 2.05) is 0 Å². The lowest BCUT2D eigenvalue weighted by Crippen LogP contribution is -2.07. The second kappa shape index (κ2) is 4.19. The molecule has 0 fully saturated rings. The van der Waals surface area contributed by atoms with E-state index in [0.717, 1.165) is 6.07 Å². The van der Waals surface area contributed by atoms with Gasteiger partial charge in [0.15, 0.2) is 0 Å². The SMILES string of the molecule is N#Cc1cc(N)nc(C(F)F)c1S(=O)(=O)Cl. The van der Waals surface area contributed by atoms with Crippen LogP contribution >= 0.6 is 10.7 Å². The number of rotatable bonds is 2. The number of anilines is 1. The number of halogens is 3. The van der Waals surface area contributed by atoms with Crippen LogP contribution in [0.4, 0.5) is 14.6 Å². The van der Waals surface area contributed by atoms with Crippen LogP contribution in [0.5, 0.6) is 0 Å². The Balaban J connectivity index is 3.74. The molecule has 16 heavy (non-hydrogen) atoms. The molecule has 1 aromatic rings. The number of aromatic nitrogens is 1. The predicted octanol–water partition coefficient (Wildman–Crippen LogP) is 1.40. The molecule has 0 bridgehead atoms. The molecule has 0 atom stereocenters. The third-order valence-electron chi connectivity index (χ3n) is 1.59. The van der Waals surface area contributed by atoms with E-state index >= 15 is 0 Å². The molecule has 0 aliphatic rings. The molecule has 9 heteroatoms. The number of nitrogens with zero attached hydrogens (tertiary/aromatic N) is 2. The summed E-state index contributed by atoms with van der Waals surface area (Å²) in [5.41, 5.74) is 3.47. The standard InChI is InChI=1S/C7H4ClF2N3O2S/c8-16(14,15)6-3(2-11)1-4(12)13-5(6)7(9)10/h1,7H,(H2,12,13). The number of alkyl halides is 2. The number of pyridine rings is 1. The molecule has 1 heterocycles. The molecule has 0 amide bonds. The van der Waals surface area contributed by atoms with Gasteiger partial charge >= 0.3 is 0 Å². The van der Waals surface area contributed by atoms with Gasteiger partial charge < -0.3 is 5.73 Å². The van der Waals surface area contributed by atoms with Crippen molar-refractivity contribution in [2.45, 2.75) is 11.3 Å². The summed E-state index contributed by atoms with van der Waals surface area (Å²) in [6.07, 6.45) is -3.20. The van der Waals surface area contributed by atoms with Crippen LogP contribution in [0.3, 0.4) is 0 Å². The van der Waals surface area contributed by atoms with Crippen LogP contribution in [0.1, 0.15) is 17.7 Å². The topological polar surface area (TPSA) is 96.8 Å². The molecule has 2 N–H and O–H groups in total. The third-order valence-corrected chi connectivity index (χ3v) is 2.97. The average Bonchev–Trinajstić information content (AvgIpc) is 2.14. The lowest BCUT2D eigenvalue weighted by atomic mass is 10.2. The highest BCUT2D eigenvalue weighted by atomic mass is 35.7. The second-order valence-electron chi connectivity index (χ2n) is 2.66. The first kappa shape index (κ1) is 12.6. The van der Waals surface area contributed by atoms with E-state index in [4.69, 9.17) is 21.7 Å². The Bertz CT molecular complexity index is 568. The fourth-order valence-corrected chi connectivity index (χ4v) is 2.30. The Morgan fingerprint density at radius 1 is 1.56 bits per heavy atom. The molecular weight excluding hydrogens is 264 g/mol. The largest absolute Gasteiger partial charge is 0.384 e. The van der Waals surface area contributed by atoms with E-state index in [-0.39, 0.29) is 5.82 Å². The summed E-state index contributed by atoms with van der Waals surface area (Å²) >= 11 is 0. The van der Waals surface area contributed by atoms with Crippen LogP contribution in [0, 0.1) is 11.3 Å². The second-order valence-corrected chi connectivity index (χ2v) is 5.16. The Morgan fingerprint density at radius 3 is 2.50 bits per heavy atom. The maximum Gasteiger partial charge on any atom is 0.281 e. The fraction of sp³-hybridized carbons (Fsp3) is 0.143. The van der Waals surface area contributed by atoms with Crippen LogP contribution in [-0.2, 0) is 9.05 Å². The van der Waals surface area contributed by atoms with Gasteiger partial charge in [-0.25, -0.2) is 22.2 Å². The van der Waals surface area contributed by atoms with Crippen molar-refractivity contribution in [3.8, 4) is 6.07 Å². The Hall–Kier alpha value is -1.46. The minimum Gasteiger partial charge on any atom is -0.384 e. The van der Waals surface area contributed by atoms with Crippen molar-refractivity contribution >= 4 is 25.6 Å². The summed E-state index contributed by atoms with van der Waals surface area (Å²) in [6.45, 7) is 0. The molecule has 0 unspecified atom stereocenters. The zero-order valence-corrected chi connectivity index (χ0v) is 9.06. The van der Waals surface area contributed by atoms with E-state index in [0.29, 0.717) is 0 Å². The minimum atomic E-state index is -4.49. The quantitative estimate of drug-likeness (QED) is 0.817. The van der Waals surface area contributed by atoms with Crippen LogP contribution in [0.25, 0.3) is 0 Å². The number of nitrogen functional groups attached to an aromatic ring is 1. The van der Waals surface area contributed by atoms with Crippen molar-refractivity contribution in [1.29, 1.82) is 5.26 Å². The third kappa shape index (κ3) is 2.37. The molecule has 86 valence electrons. The van der Waals surface area contributed by atoms with Gasteiger partial charge in [-0.3, -0.25) is 0 Å². The summed E-state index contributed by atoms with van der Waals surface area (Å²) in [5.74, 6) is -0.379. The van der Waals surface area contributed by atoms with Gasteiger partial charge in [0.25, 0.3) is 15.5 Å². The van der Waals surface area contributed by atoms with Gasteiger partial charge in [0, 0.05) is 10.7 Å². The van der Waals surface area contributed by atoms with E-state index in [2.05, 4.69) is 4.98 Å². The number of hydrogen-bond donors (Lipinski definition) is 1. The Kier molecular flexibility index (Phi) is 3.30. The van der Waals surface area contributed by atoms with Gasteiger partial charge in [0.2, 0.25) is 0 Å². The molecule has 0 spiro atoms. The lowest BCUT2D eigenvalue weighted by Gasteiger charge is -2.07. The molecule has 0 saturated heterocycles. The van der Waals surface area contributed by atoms with Gasteiger partial charge in [0.05, 0.1) is 5.56 Å². The average molecular weight is 268 g/mol. The molecular formula is C7H4ClF2N3O2S. The fourth-order valence-electron chi connectivity index (χ4n) is 1.06. The molecule has 0 saturated carbocycles. The normalized spacial score (nSPS) is 11.4. The summed E-state index contributed by atoms with van der Waals surface area (Å²) in [5, 5.41) is 8.61. The maximum atomic E-state index is 12.5. The van der Waals surface area contributed by atoms with E-state index in [1.54, 1.807) is 0 Å². The Labute approximate surface area is 93.9 Å². The smallest absolute Gasteiger partial charge is 0.281 e. The van der Waals surface area contributed by atoms with Gasteiger partial charge in [-0.2, -0.15) is 5.26 Å². The zero-order chi connectivity index (χ0) is 12.5. The van der Waals surface area contributed by atoms with Crippen molar-refractivity contribution in [2.24, 2.45) is 0 Å². The van der Waals surface area contributed by atoms with Gasteiger partial charge in [-0.1, -0.05) is 0 Å². The molecule has 1 aromatic heterocycles. The van der Waals surface area contributed by atoms with E-state index in [9.17, 15) is 17.2 Å². The summed E-state index contributed by atoms with van der Waals surface area (Å²) in [7, 11) is 0.465. The number of hydrogen-bond acceptors (Lipinski definition) is 5. The molecule has 0 aliphatic heterocycles. The van der Waals surface area contributed by atoms with Crippen LogP contribution < -0.4 is 5.73 Å². The molecule has 0 aromatic carbocycles. The summed E-state index contributed by atoms with van der Waals surface area (Å²) < 4.78 is 47.1. The zero-order valence-electron chi connectivity index (χ0n) is 7.49. The van der Waals surface area contributed by atoms with E-state index < -0.39 is 31.6 Å². The monoisotopic (exact) mass is 267 g/mol. The first-order valence-corrected chi connectivity index (χ1v) is 6.01. The van der Waals surface area contributed by atoms with Crippen molar-refractivity contribution in [1.82, 2.24) is 4.98 Å². The Morgan fingerprint density at radius 2 is 2.12 bits per heavy atom. The van der Waals surface area contributed by atoms with Crippen LogP contribution in [-0.4, -0.2) is 13.4 Å². The maximum absolute atomic E-state index is 12.5. The summed E-state index contributed by atoms with van der Waals surface area (Å²) in [6, 6.07) is 2.28. The van der Waals surface area contributed by atoms with Crippen molar-refractivity contribution in [2.75, 3.05) is 5.73 Å². The molecule has 0 radical (unpaired) electrons. The first-order chi connectivity index (χ1) is 7.27. The van der Waals surface area contributed by atoms with Gasteiger partial charge in [-0.15, -0.1) is 0 Å². The highest BCUT2D eigenvalue weighted by molar-refractivity contribution is 8.13. The van der Waals surface area contributed by atoms with Crippen LogP contribution in [0.2, 0.25) is 0 Å². The van der Waals surface area contributed by atoms with Crippen LogP contribution in [0.15, 0.2) is 11.0 Å². The van der Waals surface area contributed by atoms with Gasteiger partial charge in [-0.05, 0) is 6.07 Å². The van der Waals surface area contributed by atoms with Crippen molar-refractivity contribution < 1.29 is 17.2 Å². The lowest BCUT2D eigenvalue weighted by molar-refractivity contribution is 0.142. The van der Waals surface area contributed by atoms with Crippen molar-refractivity contribution in [3.05, 3.63) is 17.3 Å². The molecule has 0 aliphatic carbocycles. The molecule has 5 nitrogen and oxygen atoms in total. The number of nitrogens with two attached hydrogens (primary N) is 1. The van der Waals surface area contributed by atoms with Crippen molar-refractivity contribution in [3.63, 3.8) is 0 Å².